The molecule has 0 radical (unpaired) electrons. The van der Waals surface area contributed by atoms with E-state index in [0.29, 0.717) is 21.7 Å². The molecule has 0 spiro atoms. The van der Waals surface area contributed by atoms with Crippen LogP contribution in [0.15, 0.2) is 40.9 Å². The van der Waals surface area contributed by atoms with E-state index in [1.54, 1.807) is 24.3 Å². The fourth-order valence-corrected chi connectivity index (χ4v) is 3.28. The molecule has 142 valence electrons. The SMILES string of the molecule is COc1ccc(N2CC(C(=O)Nc3ccc(Br)cc3F)CC2=O)c(OC)c1. The number of hydrogen-bond donors (Lipinski definition) is 1. The van der Waals surface area contributed by atoms with Crippen LogP contribution in [-0.2, 0) is 9.59 Å². The molecule has 1 fully saturated rings. The van der Waals surface area contributed by atoms with Gasteiger partial charge in [0.25, 0.3) is 0 Å². The number of hydrogen-bond acceptors (Lipinski definition) is 4. The highest BCUT2D eigenvalue weighted by atomic mass is 79.9. The zero-order valence-corrected chi connectivity index (χ0v) is 16.4. The topological polar surface area (TPSA) is 67.9 Å². The van der Waals surface area contributed by atoms with Gasteiger partial charge in [0.1, 0.15) is 17.3 Å². The Labute approximate surface area is 164 Å². The van der Waals surface area contributed by atoms with Gasteiger partial charge in [-0.1, -0.05) is 15.9 Å². The molecular weight excluding hydrogens is 419 g/mol. The van der Waals surface area contributed by atoms with E-state index in [2.05, 4.69) is 21.2 Å². The zero-order valence-electron chi connectivity index (χ0n) is 14.8. The number of ether oxygens (including phenoxy) is 2. The maximum absolute atomic E-state index is 13.9. The number of nitrogens with one attached hydrogen (secondary N) is 1. The molecule has 0 bridgehead atoms. The van der Waals surface area contributed by atoms with Crippen molar-refractivity contribution in [1.82, 2.24) is 0 Å². The number of methoxy groups -OCH3 is 2. The van der Waals surface area contributed by atoms with Crippen LogP contribution in [0, 0.1) is 11.7 Å². The molecule has 2 aromatic carbocycles. The Morgan fingerprint density at radius 2 is 2.00 bits per heavy atom. The Kier molecular flexibility index (Phi) is 5.65. The summed E-state index contributed by atoms with van der Waals surface area (Å²) in [6.07, 6.45) is 0.0408. The summed E-state index contributed by atoms with van der Waals surface area (Å²) in [7, 11) is 3.04. The number of halogens is 2. The van der Waals surface area contributed by atoms with Gasteiger partial charge in [-0.15, -0.1) is 0 Å². The molecular formula is C19H18BrFN2O4. The quantitative estimate of drug-likeness (QED) is 0.777. The Morgan fingerprint density at radius 3 is 2.67 bits per heavy atom. The third kappa shape index (κ3) is 4.05. The van der Waals surface area contributed by atoms with E-state index in [1.807, 2.05) is 0 Å². The predicted octanol–water partition coefficient (Wildman–Crippen LogP) is 3.60. The summed E-state index contributed by atoms with van der Waals surface area (Å²) in [5.41, 5.74) is 0.643. The van der Waals surface area contributed by atoms with E-state index in [9.17, 15) is 14.0 Å². The van der Waals surface area contributed by atoms with Gasteiger partial charge in [-0.3, -0.25) is 9.59 Å². The minimum atomic E-state index is -0.590. The minimum Gasteiger partial charge on any atom is -0.497 e. The maximum atomic E-state index is 13.9. The summed E-state index contributed by atoms with van der Waals surface area (Å²) in [5, 5.41) is 2.55. The van der Waals surface area contributed by atoms with Gasteiger partial charge in [-0.2, -0.15) is 0 Å². The van der Waals surface area contributed by atoms with Crippen molar-refractivity contribution in [3.8, 4) is 11.5 Å². The standard InChI is InChI=1S/C19H18BrFN2O4/c1-26-13-4-6-16(17(9-13)27-2)23-10-11(7-18(23)24)19(25)22-15-5-3-12(20)8-14(15)21/h3-6,8-9,11H,7,10H2,1-2H3,(H,22,25). The summed E-state index contributed by atoms with van der Waals surface area (Å²) >= 11 is 3.17. The van der Waals surface area contributed by atoms with Gasteiger partial charge in [0.15, 0.2) is 0 Å². The summed E-state index contributed by atoms with van der Waals surface area (Å²) in [6.45, 7) is 0.186. The van der Waals surface area contributed by atoms with Crippen LogP contribution in [0.2, 0.25) is 0 Å². The Bertz CT molecular complexity index is 890. The summed E-state index contributed by atoms with van der Waals surface area (Å²) < 4.78 is 25.0. The number of rotatable bonds is 5. The van der Waals surface area contributed by atoms with Crippen molar-refractivity contribution in [2.45, 2.75) is 6.42 Å². The van der Waals surface area contributed by atoms with E-state index in [-0.39, 0.29) is 24.6 Å². The number of nitrogens with zero attached hydrogens (tertiary/aromatic N) is 1. The Morgan fingerprint density at radius 1 is 1.22 bits per heavy atom. The van der Waals surface area contributed by atoms with Crippen molar-refractivity contribution >= 4 is 39.1 Å². The van der Waals surface area contributed by atoms with Crippen LogP contribution < -0.4 is 19.7 Å². The first-order chi connectivity index (χ1) is 12.9. The minimum absolute atomic E-state index is 0.0408. The van der Waals surface area contributed by atoms with Gasteiger partial charge in [-0.05, 0) is 30.3 Å². The second-order valence-corrected chi connectivity index (χ2v) is 6.97. The average molecular weight is 437 g/mol. The highest BCUT2D eigenvalue weighted by Crippen LogP contribution is 2.36. The number of benzene rings is 2. The molecule has 2 aromatic rings. The van der Waals surface area contributed by atoms with Gasteiger partial charge in [0, 0.05) is 23.5 Å². The lowest BCUT2D eigenvalue weighted by molar-refractivity contribution is -0.122. The second-order valence-electron chi connectivity index (χ2n) is 6.06. The largest absolute Gasteiger partial charge is 0.497 e. The molecule has 1 atom stereocenters. The van der Waals surface area contributed by atoms with Crippen LogP contribution in [0.5, 0.6) is 11.5 Å². The van der Waals surface area contributed by atoms with E-state index >= 15 is 0 Å². The average Bonchev–Trinajstić information content (AvgIpc) is 3.05. The molecule has 1 aliphatic rings. The van der Waals surface area contributed by atoms with Gasteiger partial charge in [0.05, 0.1) is 31.5 Å². The first-order valence-corrected chi connectivity index (χ1v) is 9.00. The summed E-state index contributed by atoms with van der Waals surface area (Å²) in [6, 6.07) is 9.47. The molecule has 0 saturated carbocycles. The molecule has 0 aliphatic carbocycles. The molecule has 1 N–H and O–H groups in total. The summed E-state index contributed by atoms with van der Waals surface area (Å²) in [4.78, 5) is 26.5. The van der Waals surface area contributed by atoms with Crippen molar-refractivity contribution in [2.75, 3.05) is 31.0 Å². The van der Waals surface area contributed by atoms with Crippen molar-refractivity contribution in [3.05, 3.63) is 46.7 Å². The fraction of sp³-hybridized carbons (Fsp3) is 0.263. The molecule has 1 heterocycles. The number of carbonyl (C=O) groups excluding carboxylic acids is 2. The second kappa shape index (κ2) is 7.96. The molecule has 1 aliphatic heterocycles. The van der Waals surface area contributed by atoms with Crippen molar-refractivity contribution in [1.29, 1.82) is 0 Å². The van der Waals surface area contributed by atoms with E-state index < -0.39 is 17.6 Å². The lowest BCUT2D eigenvalue weighted by Gasteiger charge is -2.20. The molecule has 6 nitrogen and oxygen atoms in total. The number of carbonyl (C=O) groups is 2. The summed E-state index contributed by atoms with van der Waals surface area (Å²) in [5.74, 6) is -0.664. The molecule has 0 aromatic heterocycles. The normalized spacial score (nSPS) is 16.4. The zero-order chi connectivity index (χ0) is 19.6. The first-order valence-electron chi connectivity index (χ1n) is 8.21. The van der Waals surface area contributed by atoms with Gasteiger partial charge < -0.3 is 19.7 Å². The van der Waals surface area contributed by atoms with Gasteiger partial charge in [-0.25, -0.2) is 4.39 Å². The molecule has 2 amide bonds. The predicted molar refractivity (Wildman–Crippen MR) is 103 cm³/mol. The van der Waals surface area contributed by atoms with Crippen LogP contribution in [-0.4, -0.2) is 32.6 Å². The highest BCUT2D eigenvalue weighted by molar-refractivity contribution is 9.10. The van der Waals surface area contributed by atoms with Crippen LogP contribution in [0.1, 0.15) is 6.42 Å². The molecule has 8 heteroatoms. The maximum Gasteiger partial charge on any atom is 0.229 e. The van der Waals surface area contributed by atoms with Gasteiger partial charge >= 0.3 is 0 Å². The monoisotopic (exact) mass is 436 g/mol. The Hall–Kier alpha value is -2.61. The third-order valence-corrected chi connectivity index (χ3v) is 4.86. The van der Waals surface area contributed by atoms with Crippen LogP contribution >= 0.6 is 15.9 Å². The lowest BCUT2D eigenvalue weighted by atomic mass is 10.1. The Balaban J connectivity index is 1.76. The van der Waals surface area contributed by atoms with Gasteiger partial charge in [0.2, 0.25) is 11.8 Å². The van der Waals surface area contributed by atoms with E-state index in [1.165, 1.54) is 31.3 Å². The highest BCUT2D eigenvalue weighted by Gasteiger charge is 2.36. The van der Waals surface area contributed by atoms with Crippen molar-refractivity contribution < 1.29 is 23.5 Å². The molecule has 3 rings (SSSR count). The smallest absolute Gasteiger partial charge is 0.229 e. The van der Waals surface area contributed by atoms with E-state index in [4.69, 9.17) is 9.47 Å². The van der Waals surface area contributed by atoms with Crippen LogP contribution in [0.4, 0.5) is 15.8 Å². The molecule has 27 heavy (non-hydrogen) atoms. The third-order valence-electron chi connectivity index (χ3n) is 4.36. The van der Waals surface area contributed by atoms with Crippen LogP contribution in [0.25, 0.3) is 0 Å². The molecule has 1 saturated heterocycles. The fourth-order valence-electron chi connectivity index (χ4n) is 2.95. The van der Waals surface area contributed by atoms with Crippen molar-refractivity contribution in [2.24, 2.45) is 5.92 Å². The number of anilines is 2. The molecule has 1 unspecified atom stereocenters. The first kappa shape index (κ1) is 19.2. The van der Waals surface area contributed by atoms with E-state index in [0.717, 1.165) is 0 Å². The number of amides is 2. The van der Waals surface area contributed by atoms with Crippen LogP contribution in [0.3, 0.4) is 0 Å². The van der Waals surface area contributed by atoms with Crippen molar-refractivity contribution in [3.63, 3.8) is 0 Å². The lowest BCUT2D eigenvalue weighted by Crippen LogP contribution is -2.28.